The summed E-state index contributed by atoms with van der Waals surface area (Å²) < 4.78 is 0. The Bertz CT molecular complexity index is 774. The molecule has 0 unspecified atom stereocenters. The normalized spacial score (nSPS) is 16.0. The first-order chi connectivity index (χ1) is 11.1. The Balaban J connectivity index is 1.97. The fourth-order valence-electron chi connectivity index (χ4n) is 2.58. The van der Waals surface area contributed by atoms with Crippen LogP contribution in [0.5, 0.6) is 0 Å². The molecule has 4 nitrogen and oxygen atoms in total. The second-order valence-electron chi connectivity index (χ2n) is 5.65. The van der Waals surface area contributed by atoms with E-state index < -0.39 is 0 Å². The lowest BCUT2D eigenvalue weighted by Crippen LogP contribution is -2.24. The van der Waals surface area contributed by atoms with Gasteiger partial charge in [0.25, 0.3) is 5.91 Å². The summed E-state index contributed by atoms with van der Waals surface area (Å²) in [6.07, 6.45) is 1.88. The van der Waals surface area contributed by atoms with Crippen LogP contribution in [-0.2, 0) is 4.79 Å². The maximum absolute atomic E-state index is 12.2. The van der Waals surface area contributed by atoms with Crippen molar-refractivity contribution in [3.63, 3.8) is 0 Å². The van der Waals surface area contributed by atoms with E-state index in [0.29, 0.717) is 11.5 Å². The van der Waals surface area contributed by atoms with Gasteiger partial charge in [0, 0.05) is 25.5 Å². The number of benzene rings is 2. The van der Waals surface area contributed by atoms with Crippen molar-refractivity contribution in [2.45, 2.75) is 6.92 Å². The van der Waals surface area contributed by atoms with Crippen LogP contribution in [0.3, 0.4) is 0 Å². The molecule has 0 aliphatic carbocycles. The number of nitrogens with zero attached hydrogens (tertiary/aromatic N) is 3. The van der Waals surface area contributed by atoms with Crippen LogP contribution in [0.15, 0.2) is 65.3 Å². The van der Waals surface area contributed by atoms with Crippen molar-refractivity contribution in [2.24, 2.45) is 4.99 Å². The van der Waals surface area contributed by atoms with Crippen molar-refractivity contribution in [3.05, 3.63) is 65.9 Å². The van der Waals surface area contributed by atoms with E-state index in [1.807, 2.05) is 91.5 Å². The Morgan fingerprint density at radius 1 is 1.00 bits per heavy atom. The minimum Gasteiger partial charge on any atom is -0.378 e. The largest absolute Gasteiger partial charge is 0.378 e. The maximum atomic E-state index is 12.2. The molecule has 0 atom stereocenters. The minimum atomic E-state index is -0.206. The average Bonchev–Trinajstić information content (AvgIpc) is 2.82. The molecular weight excluding hydrogens is 286 g/mol. The van der Waals surface area contributed by atoms with Crippen LogP contribution < -0.4 is 9.80 Å². The van der Waals surface area contributed by atoms with E-state index >= 15 is 0 Å². The highest BCUT2D eigenvalue weighted by molar-refractivity contribution is 6.22. The number of hydrogen-bond acceptors (Lipinski definition) is 3. The molecule has 2 aromatic rings. The van der Waals surface area contributed by atoms with Gasteiger partial charge in [-0.3, -0.25) is 9.69 Å². The van der Waals surface area contributed by atoms with Crippen LogP contribution in [0, 0.1) is 0 Å². The molecule has 1 heterocycles. The summed E-state index contributed by atoms with van der Waals surface area (Å²) >= 11 is 0. The molecule has 0 spiro atoms. The van der Waals surface area contributed by atoms with Gasteiger partial charge in [-0.05, 0) is 42.8 Å². The Morgan fingerprint density at radius 3 is 2.26 bits per heavy atom. The van der Waals surface area contributed by atoms with Gasteiger partial charge in [0.05, 0.1) is 0 Å². The predicted molar refractivity (Wildman–Crippen MR) is 95.8 cm³/mol. The van der Waals surface area contributed by atoms with E-state index in [1.54, 1.807) is 0 Å². The van der Waals surface area contributed by atoms with Crippen LogP contribution in [0.4, 0.5) is 11.4 Å². The predicted octanol–water partition coefficient (Wildman–Crippen LogP) is 3.56. The summed E-state index contributed by atoms with van der Waals surface area (Å²) in [5.41, 5.74) is 3.61. The van der Waals surface area contributed by atoms with Gasteiger partial charge in [-0.1, -0.05) is 30.3 Å². The number of amides is 1. The number of amidine groups is 1. The fraction of sp³-hybridized carbons (Fsp3) is 0.158. The zero-order valence-corrected chi connectivity index (χ0v) is 13.5. The highest BCUT2D eigenvalue weighted by atomic mass is 16.2. The first kappa shape index (κ1) is 15.0. The highest BCUT2D eigenvalue weighted by Crippen LogP contribution is 2.27. The van der Waals surface area contributed by atoms with Crippen molar-refractivity contribution < 1.29 is 4.79 Å². The standard InChI is InChI=1S/C19H19N3O/c1-14-20-19(23)18(22(14)17-7-5-4-6-8-17)13-15-9-11-16(12-10-15)21(2)3/h4-13H,1-3H3/b18-13-. The van der Waals surface area contributed by atoms with Gasteiger partial charge >= 0.3 is 0 Å². The quantitative estimate of drug-likeness (QED) is 0.814. The third-order valence-corrected chi connectivity index (χ3v) is 3.77. The van der Waals surface area contributed by atoms with Gasteiger partial charge in [-0.25, -0.2) is 0 Å². The average molecular weight is 305 g/mol. The van der Waals surface area contributed by atoms with Crippen LogP contribution >= 0.6 is 0 Å². The van der Waals surface area contributed by atoms with E-state index in [4.69, 9.17) is 0 Å². The summed E-state index contributed by atoms with van der Waals surface area (Å²) in [5, 5.41) is 0. The molecule has 3 rings (SSSR count). The summed E-state index contributed by atoms with van der Waals surface area (Å²) in [4.78, 5) is 20.3. The number of hydrogen-bond donors (Lipinski definition) is 0. The van der Waals surface area contributed by atoms with Crippen LogP contribution in [-0.4, -0.2) is 25.8 Å². The second-order valence-corrected chi connectivity index (χ2v) is 5.65. The van der Waals surface area contributed by atoms with E-state index in [0.717, 1.165) is 16.9 Å². The number of aliphatic imine (C=N–C) groups is 1. The molecule has 2 aromatic carbocycles. The minimum absolute atomic E-state index is 0.206. The van der Waals surface area contributed by atoms with Crippen molar-refractivity contribution in [2.75, 3.05) is 23.9 Å². The summed E-state index contributed by atoms with van der Waals surface area (Å²) in [5.74, 6) is 0.486. The summed E-state index contributed by atoms with van der Waals surface area (Å²) in [6, 6.07) is 17.9. The molecule has 0 saturated carbocycles. The molecule has 1 aliphatic rings. The molecular formula is C19H19N3O. The smallest absolute Gasteiger partial charge is 0.295 e. The van der Waals surface area contributed by atoms with E-state index in [2.05, 4.69) is 4.99 Å². The van der Waals surface area contributed by atoms with Crippen LogP contribution in [0.2, 0.25) is 0 Å². The lowest BCUT2D eigenvalue weighted by atomic mass is 10.1. The third kappa shape index (κ3) is 3.01. The molecule has 4 heteroatoms. The van der Waals surface area contributed by atoms with Crippen molar-refractivity contribution in [1.29, 1.82) is 0 Å². The van der Waals surface area contributed by atoms with Gasteiger partial charge in [-0.15, -0.1) is 0 Å². The Labute approximate surface area is 136 Å². The van der Waals surface area contributed by atoms with Crippen LogP contribution in [0.1, 0.15) is 12.5 Å². The number of rotatable bonds is 3. The lowest BCUT2D eigenvalue weighted by molar-refractivity contribution is -0.113. The van der Waals surface area contributed by atoms with Crippen molar-refractivity contribution in [3.8, 4) is 0 Å². The lowest BCUT2D eigenvalue weighted by Gasteiger charge is -2.19. The molecule has 1 aliphatic heterocycles. The zero-order chi connectivity index (χ0) is 16.4. The van der Waals surface area contributed by atoms with Crippen molar-refractivity contribution in [1.82, 2.24) is 0 Å². The molecule has 1 amide bonds. The molecule has 116 valence electrons. The van der Waals surface area contributed by atoms with Gasteiger partial charge in [0.2, 0.25) is 0 Å². The van der Waals surface area contributed by atoms with E-state index in [9.17, 15) is 4.79 Å². The van der Waals surface area contributed by atoms with E-state index in [1.165, 1.54) is 0 Å². The monoisotopic (exact) mass is 305 g/mol. The molecule has 0 N–H and O–H groups in total. The Kier molecular flexibility index (Phi) is 3.98. The van der Waals surface area contributed by atoms with Gasteiger partial charge in [0.15, 0.2) is 0 Å². The summed E-state index contributed by atoms with van der Waals surface area (Å²) in [7, 11) is 4.00. The topological polar surface area (TPSA) is 35.9 Å². The summed E-state index contributed by atoms with van der Waals surface area (Å²) in [6.45, 7) is 1.85. The van der Waals surface area contributed by atoms with Crippen LogP contribution in [0.25, 0.3) is 6.08 Å². The molecule has 0 bridgehead atoms. The maximum Gasteiger partial charge on any atom is 0.295 e. The van der Waals surface area contributed by atoms with Gasteiger partial charge in [-0.2, -0.15) is 4.99 Å². The second kappa shape index (κ2) is 6.08. The first-order valence-electron chi connectivity index (χ1n) is 7.50. The molecule has 23 heavy (non-hydrogen) atoms. The molecule has 0 aromatic heterocycles. The number of para-hydroxylation sites is 1. The fourth-order valence-corrected chi connectivity index (χ4v) is 2.58. The third-order valence-electron chi connectivity index (χ3n) is 3.77. The highest BCUT2D eigenvalue weighted by Gasteiger charge is 2.27. The first-order valence-corrected chi connectivity index (χ1v) is 7.50. The molecule has 0 fully saturated rings. The zero-order valence-electron chi connectivity index (χ0n) is 13.5. The number of carbonyl (C=O) groups excluding carboxylic acids is 1. The molecule has 0 radical (unpaired) electrons. The van der Waals surface area contributed by atoms with Gasteiger partial charge < -0.3 is 4.90 Å². The Morgan fingerprint density at radius 2 is 1.65 bits per heavy atom. The Hall–Kier alpha value is -2.88. The van der Waals surface area contributed by atoms with E-state index in [-0.39, 0.29) is 5.91 Å². The number of carbonyl (C=O) groups is 1. The number of anilines is 2. The van der Waals surface area contributed by atoms with Gasteiger partial charge in [0.1, 0.15) is 11.5 Å². The van der Waals surface area contributed by atoms with Crippen molar-refractivity contribution >= 4 is 29.2 Å². The molecule has 0 saturated heterocycles. The SMILES string of the molecule is CC1=NC(=O)/C(=C/c2ccc(N(C)C)cc2)N1c1ccccc1.